The van der Waals surface area contributed by atoms with E-state index in [1.54, 1.807) is 18.7 Å². The number of carbonyl (C=O) groups is 2. The molecular formula is C15H19NO3. The standard InChI is InChI=1S/C15H19NO3/c1-15(2)14(18)19-11-10-16(15)13(17)9-8-12-6-4-3-5-7-12/h3-7H,8-11H2,1-2H3. The first kappa shape index (κ1) is 13.6. The smallest absolute Gasteiger partial charge is 0.331 e. The molecule has 0 aromatic heterocycles. The van der Waals surface area contributed by atoms with E-state index < -0.39 is 5.54 Å². The second-order valence-corrected chi connectivity index (χ2v) is 5.23. The maximum absolute atomic E-state index is 12.3. The van der Waals surface area contributed by atoms with Gasteiger partial charge in [-0.3, -0.25) is 4.79 Å². The molecule has 0 unspecified atom stereocenters. The number of carbonyl (C=O) groups excluding carboxylic acids is 2. The van der Waals surface area contributed by atoms with Gasteiger partial charge in [0.25, 0.3) is 0 Å². The van der Waals surface area contributed by atoms with E-state index in [9.17, 15) is 9.59 Å². The highest BCUT2D eigenvalue weighted by atomic mass is 16.5. The lowest BCUT2D eigenvalue weighted by atomic mass is 10.00. The number of nitrogens with zero attached hydrogens (tertiary/aromatic N) is 1. The van der Waals surface area contributed by atoms with Crippen molar-refractivity contribution in [1.82, 2.24) is 4.90 Å². The number of hydrogen-bond donors (Lipinski definition) is 0. The molecule has 19 heavy (non-hydrogen) atoms. The van der Waals surface area contributed by atoms with Crippen LogP contribution in [0.15, 0.2) is 30.3 Å². The quantitative estimate of drug-likeness (QED) is 0.779. The summed E-state index contributed by atoms with van der Waals surface area (Å²) >= 11 is 0. The van der Waals surface area contributed by atoms with Crippen molar-refractivity contribution in [1.29, 1.82) is 0 Å². The Balaban J connectivity index is 1.98. The van der Waals surface area contributed by atoms with Crippen molar-refractivity contribution < 1.29 is 14.3 Å². The van der Waals surface area contributed by atoms with Crippen molar-refractivity contribution in [3.8, 4) is 0 Å². The van der Waals surface area contributed by atoms with Crippen LogP contribution in [0.1, 0.15) is 25.8 Å². The number of amides is 1. The molecule has 1 aromatic carbocycles. The fraction of sp³-hybridized carbons (Fsp3) is 0.467. The fourth-order valence-electron chi connectivity index (χ4n) is 2.26. The van der Waals surface area contributed by atoms with Crippen molar-refractivity contribution in [3.63, 3.8) is 0 Å². The van der Waals surface area contributed by atoms with Crippen molar-refractivity contribution >= 4 is 11.9 Å². The van der Waals surface area contributed by atoms with Crippen molar-refractivity contribution in [2.24, 2.45) is 0 Å². The van der Waals surface area contributed by atoms with Crippen LogP contribution in [-0.2, 0) is 20.7 Å². The Labute approximate surface area is 113 Å². The summed E-state index contributed by atoms with van der Waals surface area (Å²) in [5.41, 5.74) is 0.277. The summed E-state index contributed by atoms with van der Waals surface area (Å²) in [5.74, 6) is -0.322. The van der Waals surface area contributed by atoms with Crippen LogP contribution >= 0.6 is 0 Å². The van der Waals surface area contributed by atoms with E-state index in [2.05, 4.69) is 0 Å². The molecule has 0 N–H and O–H groups in total. The third-order valence-electron chi connectivity index (χ3n) is 3.49. The molecule has 4 heteroatoms. The van der Waals surface area contributed by atoms with E-state index in [1.807, 2.05) is 30.3 Å². The second-order valence-electron chi connectivity index (χ2n) is 5.23. The molecule has 1 aliphatic rings. The number of aryl methyl sites for hydroxylation is 1. The van der Waals surface area contributed by atoms with E-state index in [1.165, 1.54) is 0 Å². The summed E-state index contributed by atoms with van der Waals surface area (Å²) in [6.45, 7) is 4.23. The minimum atomic E-state index is -0.855. The van der Waals surface area contributed by atoms with Crippen LogP contribution in [-0.4, -0.2) is 35.5 Å². The molecule has 1 fully saturated rings. The molecular weight excluding hydrogens is 242 g/mol. The van der Waals surface area contributed by atoms with Crippen LogP contribution in [0.5, 0.6) is 0 Å². The summed E-state index contributed by atoms with van der Waals surface area (Å²) in [4.78, 5) is 25.6. The molecule has 1 aliphatic heterocycles. The molecule has 0 spiro atoms. The molecule has 1 amide bonds. The van der Waals surface area contributed by atoms with Gasteiger partial charge in [0.1, 0.15) is 12.1 Å². The average molecular weight is 261 g/mol. The van der Waals surface area contributed by atoms with Gasteiger partial charge >= 0.3 is 5.97 Å². The molecule has 1 saturated heterocycles. The second kappa shape index (κ2) is 5.43. The zero-order valence-electron chi connectivity index (χ0n) is 11.4. The first-order valence-corrected chi connectivity index (χ1v) is 6.53. The van der Waals surface area contributed by atoms with E-state index in [0.29, 0.717) is 26.0 Å². The van der Waals surface area contributed by atoms with Crippen LogP contribution < -0.4 is 0 Å². The zero-order chi connectivity index (χ0) is 13.9. The van der Waals surface area contributed by atoms with Gasteiger partial charge in [-0.2, -0.15) is 0 Å². The Hall–Kier alpha value is -1.84. The Morgan fingerprint density at radius 2 is 2.00 bits per heavy atom. The molecule has 0 saturated carbocycles. The van der Waals surface area contributed by atoms with Crippen molar-refractivity contribution in [2.45, 2.75) is 32.2 Å². The normalized spacial score (nSPS) is 18.0. The number of ether oxygens (including phenoxy) is 1. The average Bonchev–Trinajstić information content (AvgIpc) is 2.40. The molecule has 1 aromatic rings. The number of benzene rings is 1. The van der Waals surface area contributed by atoms with Gasteiger partial charge in [-0.1, -0.05) is 30.3 Å². The maximum atomic E-state index is 12.3. The summed E-state index contributed by atoms with van der Waals surface area (Å²) in [6, 6.07) is 9.88. The Morgan fingerprint density at radius 1 is 1.32 bits per heavy atom. The van der Waals surface area contributed by atoms with Gasteiger partial charge in [0, 0.05) is 6.42 Å². The van der Waals surface area contributed by atoms with Crippen LogP contribution in [0.3, 0.4) is 0 Å². The zero-order valence-corrected chi connectivity index (χ0v) is 11.4. The summed E-state index contributed by atoms with van der Waals surface area (Å²) in [7, 11) is 0. The highest BCUT2D eigenvalue weighted by molar-refractivity contribution is 5.88. The van der Waals surface area contributed by atoms with Crippen LogP contribution in [0, 0.1) is 0 Å². The highest BCUT2D eigenvalue weighted by Gasteiger charge is 2.41. The Bertz CT molecular complexity index is 468. The summed E-state index contributed by atoms with van der Waals surface area (Å²) in [6.07, 6.45) is 1.11. The van der Waals surface area contributed by atoms with Gasteiger partial charge in [0.05, 0.1) is 6.54 Å². The number of esters is 1. The van der Waals surface area contributed by atoms with E-state index in [0.717, 1.165) is 5.56 Å². The van der Waals surface area contributed by atoms with Crippen LogP contribution in [0.2, 0.25) is 0 Å². The van der Waals surface area contributed by atoms with Gasteiger partial charge in [0.2, 0.25) is 5.91 Å². The number of hydrogen-bond acceptors (Lipinski definition) is 3. The Kier molecular flexibility index (Phi) is 3.88. The SMILES string of the molecule is CC1(C)C(=O)OCCN1C(=O)CCc1ccccc1. The van der Waals surface area contributed by atoms with Gasteiger partial charge in [-0.15, -0.1) is 0 Å². The minimum Gasteiger partial charge on any atom is -0.462 e. The van der Waals surface area contributed by atoms with Crippen LogP contribution in [0.25, 0.3) is 0 Å². The van der Waals surface area contributed by atoms with Crippen molar-refractivity contribution in [3.05, 3.63) is 35.9 Å². The predicted octanol–water partition coefficient (Wildman–Crippen LogP) is 1.78. The molecule has 0 bridgehead atoms. The first-order chi connectivity index (χ1) is 9.01. The summed E-state index contributed by atoms with van der Waals surface area (Å²) < 4.78 is 5.00. The largest absolute Gasteiger partial charge is 0.462 e. The lowest BCUT2D eigenvalue weighted by Gasteiger charge is -2.40. The molecule has 2 rings (SSSR count). The fourth-order valence-corrected chi connectivity index (χ4v) is 2.26. The van der Waals surface area contributed by atoms with E-state index in [4.69, 9.17) is 4.74 Å². The number of cyclic esters (lactones) is 1. The molecule has 0 atom stereocenters. The number of rotatable bonds is 3. The molecule has 0 radical (unpaired) electrons. The lowest BCUT2D eigenvalue weighted by Crippen LogP contribution is -2.58. The molecule has 0 aliphatic carbocycles. The van der Waals surface area contributed by atoms with Crippen molar-refractivity contribution in [2.75, 3.05) is 13.2 Å². The highest BCUT2D eigenvalue weighted by Crippen LogP contribution is 2.21. The van der Waals surface area contributed by atoms with Gasteiger partial charge in [-0.05, 0) is 25.8 Å². The maximum Gasteiger partial charge on any atom is 0.331 e. The van der Waals surface area contributed by atoms with Gasteiger partial charge in [0.15, 0.2) is 0 Å². The third-order valence-corrected chi connectivity index (χ3v) is 3.49. The van der Waals surface area contributed by atoms with E-state index in [-0.39, 0.29) is 11.9 Å². The predicted molar refractivity (Wildman–Crippen MR) is 71.5 cm³/mol. The molecule has 102 valence electrons. The monoisotopic (exact) mass is 261 g/mol. The summed E-state index contributed by atoms with van der Waals surface area (Å²) in [5, 5.41) is 0. The van der Waals surface area contributed by atoms with E-state index >= 15 is 0 Å². The van der Waals surface area contributed by atoms with Crippen LogP contribution in [0.4, 0.5) is 0 Å². The van der Waals surface area contributed by atoms with Gasteiger partial charge < -0.3 is 9.64 Å². The Morgan fingerprint density at radius 3 is 2.68 bits per heavy atom. The number of morpholine rings is 1. The molecule has 1 heterocycles. The first-order valence-electron chi connectivity index (χ1n) is 6.53. The lowest BCUT2D eigenvalue weighted by molar-refractivity contribution is -0.171. The third kappa shape index (κ3) is 2.95. The van der Waals surface area contributed by atoms with Gasteiger partial charge in [-0.25, -0.2) is 4.79 Å². The molecule has 4 nitrogen and oxygen atoms in total. The minimum absolute atomic E-state index is 0.00510. The topological polar surface area (TPSA) is 46.6 Å².